The zero-order chi connectivity index (χ0) is 19.7. The molecule has 144 valence electrons. The summed E-state index contributed by atoms with van der Waals surface area (Å²) >= 11 is 0. The lowest BCUT2D eigenvalue weighted by molar-refractivity contribution is -0.142. The number of carboxylic acids is 2. The number of nitrogens with zero attached hydrogens (tertiary/aromatic N) is 1. The van der Waals surface area contributed by atoms with Crippen LogP contribution < -0.4 is 0 Å². The molecule has 0 aliphatic heterocycles. The molecule has 0 amide bonds. The van der Waals surface area contributed by atoms with Gasteiger partial charge in [0, 0.05) is 6.42 Å². The van der Waals surface area contributed by atoms with Gasteiger partial charge in [-0.15, -0.1) is 0 Å². The molecular formula is C20H23NO5S. The van der Waals surface area contributed by atoms with Crippen LogP contribution in [0.4, 0.5) is 0 Å². The van der Waals surface area contributed by atoms with Crippen molar-refractivity contribution in [2.75, 3.05) is 6.54 Å². The first-order valence-corrected chi connectivity index (χ1v) is 10.4. The van der Waals surface area contributed by atoms with Crippen LogP contribution in [0.1, 0.15) is 24.0 Å². The van der Waals surface area contributed by atoms with Crippen LogP contribution in [-0.4, -0.2) is 32.9 Å². The van der Waals surface area contributed by atoms with Crippen LogP contribution in [0.5, 0.6) is 0 Å². The molecule has 0 heterocycles. The second kappa shape index (κ2) is 9.87. The lowest BCUT2D eigenvalue weighted by atomic mass is 10.0. The van der Waals surface area contributed by atoms with Crippen molar-refractivity contribution in [3.63, 3.8) is 0 Å². The molecule has 0 bridgehead atoms. The Labute approximate surface area is 159 Å². The van der Waals surface area contributed by atoms with E-state index >= 15 is 0 Å². The molecule has 0 fully saturated rings. The third-order valence-corrected chi connectivity index (χ3v) is 6.24. The molecule has 6 nitrogen and oxygen atoms in total. The van der Waals surface area contributed by atoms with Gasteiger partial charge in [0.2, 0.25) is 0 Å². The summed E-state index contributed by atoms with van der Waals surface area (Å²) in [7, 11) is -2.75. The van der Waals surface area contributed by atoms with Crippen molar-refractivity contribution in [2.24, 2.45) is 10.3 Å². The average Bonchev–Trinajstić information content (AvgIpc) is 2.62. The highest BCUT2D eigenvalue weighted by Crippen LogP contribution is 2.17. The molecule has 27 heavy (non-hydrogen) atoms. The van der Waals surface area contributed by atoms with Crippen molar-refractivity contribution in [3.8, 4) is 0 Å². The number of hydrogen-bond acceptors (Lipinski definition) is 4. The maximum absolute atomic E-state index is 13.5. The highest BCUT2D eigenvalue weighted by Gasteiger charge is 2.20. The minimum atomic E-state index is -2.75. The number of hydrogen-bond donors (Lipinski definition) is 2. The highest BCUT2D eigenvalue weighted by atomic mass is 32.2. The molecule has 2 N–H and O–H groups in total. The molecule has 0 spiro atoms. The molecule has 0 aliphatic carbocycles. The molecule has 2 rings (SSSR count). The zero-order valence-corrected chi connectivity index (χ0v) is 15.7. The van der Waals surface area contributed by atoms with Gasteiger partial charge in [-0.2, -0.15) is 0 Å². The minimum Gasteiger partial charge on any atom is -0.481 e. The summed E-state index contributed by atoms with van der Waals surface area (Å²) in [6.07, 6.45) is -0.300. The smallest absolute Gasteiger partial charge is 0.308 e. The SMILES string of the molecule is O=C(O)CCC(CN=S(=O)(Cc1ccccc1)Cc1ccccc1)C(=O)O. The Morgan fingerprint density at radius 3 is 1.78 bits per heavy atom. The molecule has 1 atom stereocenters. The molecule has 0 aliphatic rings. The van der Waals surface area contributed by atoms with Crippen molar-refractivity contribution >= 4 is 21.7 Å². The third-order valence-electron chi connectivity index (χ3n) is 4.06. The van der Waals surface area contributed by atoms with Crippen LogP contribution in [0.15, 0.2) is 65.0 Å². The first kappa shape index (κ1) is 20.6. The summed E-state index contributed by atoms with van der Waals surface area (Å²) in [5.41, 5.74) is 1.72. The summed E-state index contributed by atoms with van der Waals surface area (Å²) < 4.78 is 17.8. The fourth-order valence-corrected chi connectivity index (χ4v) is 4.79. The quantitative estimate of drug-likeness (QED) is 0.648. The number of benzene rings is 2. The summed E-state index contributed by atoms with van der Waals surface area (Å²) in [5, 5.41) is 18.1. The van der Waals surface area contributed by atoms with Gasteiger partial charge in [0.1, 0.15) is 0 Å². The van der Waals surface area contributed by atoms with Gasteiger partial charge < -0.3 is 10.2 Å². The molecule has 0 radical (unpaired) electrons. The standard InChI is InChI=1S/C20H23NO5S/c22-19(23)12-11-18(20(24)25)13-21-27(26,14-16-7-3-1-4-8-16)15-17-9-5-2-6-10-17/h1-10,18H,11-15H2,(H,22,23)(H,24,25). The Hall–Kier alpha value is -2.67. The number of carboxylic acid groups (broad SMARTS) is 2. The van der Waals surface area contributed by atoms with E-state index in [1.807, 2.05) is 60.7 Å². The maximum Gasteiger partial charge on any atom is 0.308 e. The zero-order valence-electron chi connectivity index (χ0n) is 14.9. The summed E-state index contributed by atoms with van der Waals surface area (Å²) in [6, 6.07) is 18.6. The summed E-state index contributed by atoms with van der Waals surface area (Å²) in [4.78, 5) is 22.1. The van der Waals surface area contributed by atoms with Gasteiger partial charge in [-0.05, 0) is 17.5 Å². The van der Waals surface area contributed by atoms with Gasteiger partial charge in [-0.1, -0.05) is 60.7 Å². The lowest BCUT2D eigenvalue weighted by Crippen LogP contribution is -2.20. The molecule has 1 unspecified atom stereocenters. The molecule has 2 aromatic carbocycles. The Kier molecular flexibility index (Phi) is 7.55. The topological polar surface area (TPSA) is 104 Å². The second-order valence-electron chi connectivity index (χ2n) is 6.31. The fraction of sp³-hybridized carbons (Fsp3) is 0.300. The van der Waals surface area contributed by atoms with Gasteiger partial charge in [-0.3, -0.25) is 9.59 Å². The summed E-state index contributed by atoms with van der Waals surface area (Å²) in [5.74, 6) is -2.72. The van der Waals surface area contributed by atoms with E-state index in [0.717, 1.165) is 11.1 Å². The third kappa shape index (κ3) is 7.22. The van der Waals surface area contributed by atoms with Gasteiger partial charge in [0.05, 0.1) is 33.7 Å². The van der Waals surface area contributed by atoms with Crippen molar-refractivity contribution in [1.29, 1.82) is 0 Å². The Morgan fingerprint density at radius 2 is 1.37 bits per heavy atom. The van der Waals surface area contributed by atoms with E-state index in [4.69, 9.17) is 5.11 Å². The van der Waals surface area contributed by atoms with E-state index in [1.165, 1.54) is 0 Å². The normalized spacial score (nSPS) is 12.3. The number of carbonyl (C=O) groups is 2. The van der Waals surface area contributed by atoms with E-state index in [2.05, 4.69) is 4.36 Å². The van der Waals surface area contributed by atoms with E-state index in [1.54, 1.807) is 0 Å². The van der Waals surface area contributed by atoms with Crippen LogP contribution >= 0.6 is 0 Å². The Balaban J connectivity index is 2.26. The Bertz CT molecular complexity index is 826. The maximum atomic E-state index is 13.5. The first-order chi connectivity index (χ1) is 12.9. The van der Waals surface area contributed by atoms with Crippen LogP contribution in [-0.2, 0) is 30.8 Å². The van der Waals surface area contributed by atoms with Gasteiger partial charge >= 0.3 is 11.9 Å². The first-order valence-electron chi connectivity index (χ1n) is 8.59. The van der Waals surface area contributed by atoms with E-state index in [9.17, 15) is 18.9 Å². The molecular weight excluding hydrogens is 366 g/mol. The van der Waals surface area contributed by atoms with Crippen LogP contribution in [0.3, 0.4) is 0 Å². The van der Waals surface area contributed by atoms with Crippen molar-refractivity contribution < 1.29 is 24.0 Å². The summed E-state index contributed by atoms with van der Waals surface area (Å²) in [6.45, 7) is -0.166. The highest BCUT2D eigenvalue weighted by molar-refractivity contribution is 7.92. The Morgan fingerprint density at radius 1 is 0.889 bits per heavy atom. The van der Waals surface area contributed by atoms with Gasteiger partial charge in [0.15, 0.2) is 0 Å². The van der Waals surface area contributed by atoms with E-state index in [0.29, 0.717) is 0 Å². The fourth-order valence-electron chi connectivity index (χ4n) is 2.63. The monoisotopic (exact) mass is 389 g/mol. The lowest BCUT2D eigenvalue weighted by Gasteiger charge is -2.14. The van der Waals surface area contributed by atoms with E-state index < -0.39 is 27.6 Å². The minimum absolute atomic E-state index is 0.0413. The molecule has 2 aromatic rings. The van der Waals surface area contributed by atoms with Crippen molar-refractivity contribution in [2.45, 2.75) is 24.3 Å². The van der Waals surface area contributed by atoms with Crippen LogP contribution in [0.2, 0.25) is 0 Å². The average molecular weight is 389 g/mol. The molecule has 0 saturated heterocycles. The molecule has 0 saturated carbocycles. The predicted molar refractivity (Wildman–Crippen MR) is 104 cm³/mol. The molecule has 0 aromatic heterocycles. The van der Waals surface area contributed by atoms with Crippen LogP contribution in [0.25, 0.3) is 0 Å². The van der Waals surface area contributed by atoms with E-state index in [-0.39, 0.29) is 30.9 Å². The van der Waals surface area contributed by atoms with Crippen molar-refractivity contribution in [3.05, 3.63) is 71.8 Å². The van der Waals surface area contributed by atoms with Gasteiger partial charge in [0.25, 0.3) is 0 Å². The predicted octanol–water partition coefficient (Wildman–Crippen LogP) is 3.42. The largest absolute Gasteiger partial charge is 0.481 e. The van der Waals surface area contributed by atoms with Gasteiger partial charge in [-0.25, -0.2) is 8.57 Å². The van der Waals surface area contributed by atoms with Crippen LogP contribution in [0, 0.1) is 5.92 Å². The molecule has 7 heteroatoms. The number of aliphatic carboxylic acids is 2. The van der Waals surface area contributed by atoms with Crippen molar-refractivity contribution in [1.82, 2.24) is 0 Å². The number of rotatable bonds is 10. The second-order valence-corrected chi connectivity index (χ2v) is 8.69.